The molecule has 1 aromatic rings. The predicted molar refractivity (Wildman–Crippen MR) is 159 cm³/mol. The Bertz CT molecular complexity index is 1060. The van der Waals surface area contributed by atoms with Crippen molar-refractivity contribution in [3.05, 3.63) is 29.8 Å². The van der Waals surface area contributed by atoms with Gasteiger partial charge in [-0.15, -0.1) is 0 Å². The zero-order valence-electron chi connectivity index (χ0n) is 25.0. The molecule has 1 unspecified atom stereocenters. The van der Waals surface area contributed by atoms with Crippen LogP contribution in [0.25, 0.3) is 0 Å². The first kappa shape index (κ1) is 36.4. The Morgan fingerprint density at radius 1 is 0.636 bits per heavy atom. The van der Waals surface area contributed by atoms with Crippen molar-refractivity contribution < 1.29 is 49.5 Å². The van der Waals surface area contributed by atoms with Crippen LogP contribution in [0.5, 0.6) is 0 Å². The summed E-state index contributed by atoms with van der Waals surface area (Å²) < 4.78 is 0. The number of anilines is 1. The van der Waals surface area contributed by atoms with Gasteiger partial charge in [-0.1, -0.05) is 12.1 Å². The van der Waals surface area contributed by atoms with Gasteiger partial charge in [-0.2, -0.15) is 0 Å². The molecular formula is C28H44N6O10. The highest BCUT2D eigenvalue weighted by molar-refractivity contribution is 5.73. The van der Waals surface area contributed by atoms with Gasteiger partial charge in [0, 0.05) is 77.7 Å². The van der Waals surface area contributed by atoms with Crippen LogP contribution in [0.4, 0.5) is 5.69 Å². The lowest BCUT2D eigenvalue weighted by atomic mass is 10.0. The third-order valence-corrected chi connectivity index (χ3v) is 7.38. The van der Waals surface area contributed by atoms with E-state index in [1.165, 1.54) is 4.90 Å². The van der Waals surface area contributed by atoms with E-state index in [9.17, 15) is 49.5 Å². The monoisotopic (exact) mass is 624 g/mol. The van der Waals surface area contributed by atoms with Crippen molar-refractivity contribution in [1.82, 2.24) is 24.5 Å². The van der Waals surface area contributed by atoms with E-state index in [1.54, 1.807) is 21.7 Å². The van der Waals surface area contributed by atoms with Gasteiger partial charge in [0.05, 0.1) is 32.7 Å². The maximum absolute atomic E-state index is 11.7. The Balaban J connectivity index is 2.39. The minimum absolute atomic E-state index is 0.237. The average Bonchev–Trinajstić information content (AvgIpc) is 2.92. The van der Waals surface area contributed by atoms with Gasteiger partial charge in [-0.05, 0) is 24.1 Å². The Kier molecular flexibility index (Phi) is 15.5. The molecule has 6 N–H and O–H groups in total. The molecule has 0 bridgehead atoms. The molecule has 1 atom stereocenters. The highest BCUT2D eigenvalue weighted by Gasteiger charge is 2.27. The molecule has 1 aliphatic heterocycles. The quantitative estimate of drug-likeness (QED) is 0.125. The molecule has 246 valence electrons. The number of nitrogens with one attached hydrogen (secondary N) is 1. The Morgan fingerprint density at radius 2 is 1.00 bits per heavy atom. The second kappa shape index (κ2) is 18.7. The number of aliphatic carboxylic acids is 5. The van der Waals surface area contributed by atoms with Crippen LogP contribution in [0.15, 0.2) is 24.3 Å². The lowest BCUT2D eigenvalue weighted by Gasteiger charge is -2.37. The number of benzene rings is 1. The summed E-state index contributed by atoms with van der Waals surface area (Å²) in [5.74, 6) is -5.49. The van der Waals surface area contributed by atoms with Gasteiger partial charge in [0.15, 0.2) is 0 Å². The summed E-state index contributed by atoms with van der Waals surface area (Å²) in [4.78, 5) is 66.5. The summed E-state index contributed by atoms with van der Waals surface area (Å²) in [6.45, 7) is 0.687. The van der Waals surface area contributed by atoms with Crippen LogP contribution in [-0.2, 0) is 30.4 Å². The zero-order valence-corrected chi connectivity index (χ0v) is 25.0. The van der Waals surface area contributed by atoms with Gasteiger partial charge in [0.1, 0.15) is 0 Å². The van der Waals surface area contributed by atoms with Crippen LogP contribution in [-0.4, -0.2) is 185 Å². The maximum Gasteiger partial charge on any atom is 0.317 e. The number of carboxylic acid groups (broad SMARTS) is 5. The minimum atomic E-state index is -1.18. The summed E-state index contributed by atoms with van der Waals surface area (Å²) in [5.41, 5.74) is 1.74. The molecule has 0 amide bonds. The fraction of sp³-hybridized carbons (Fsp3) is 0.607. The van der Waals surface area contributed by atoms with Gasteiger partial charge < -0.3 is 30.8 Å². The topological polar surface area (TPSA) is 215 Å². The van der Waals surface area contributed by atoms with E-state index in [2.05, 4.69) is 5.32 Å². The fourth-order valence-electron chi connectivity index (χ4n) is 5.16. The molecule has 0 spiro atoms. The van der Waals surface area contributed by atoms with E-state index in [0.29, 0.717) is 19.5 Å². The van der Waals surface area contributed by atoms with Crippen LogP contribution < -0.4 is 5.32 Å². The molecule has 1 fully saturated rings. The van der Waals surface area contributed by atoms with Crippen LogP contribution >= 0.6 is 0 Å². The summed E-state index contributed by atoms with van der Waals surface area (Å²) in [6.07, 6.45) is 0.336. The SMILES string of the molecule is CNc1ccc(CC(CN2CCN(CC(=O)O)CCN(CC(=O)O)CCN(CC(=O)O)CC2)N(CC(=O)O)CC(=O)O)cc1. The van der Waals surface area contributed by atoms with E-state index in [1.807, 2.05) is 29.2 Å². The Morgan fingerprint density at radius 3 is 1.32 bits per heavy atom. The molecule has 1 aliphatic rings. The molecule has 1 aromatic carbocycles. The van der Waals surface area contributed by atoms with Crippen LogP contribution in [0, 0.1) is 0 Å². The van der Waals surface area contributed by atoms with Crippen molar-refractivity contribution in [3.63, 3.8) is 0 Å². The molecule has 0 aliphatic carbocycles. The van der Waals surface area contributed by atoms with Gasteiger partial charge in [0.25, 0.3) is 0 Å². The van der Waals surface area contributed by atoms with Crippen molar-refractivity contribution in [2.45, 2.75) is 12.5 Å². The lowest BCUT2D eigenvalue weighted by Crippen LogP contribution is -2.53. The van der Waals surface area contributed by atoms with Crippen molar-refractivity contribution in [2.75, 3.05) is 104 Å². The highest BCUT2D eigenvalue weighted by Crippen LogP contribution is 2.15. The van der Waals surface area contributed by atoms with Crippen LogP contribution in [0.1, 0.15) is 5.56 Å². The number of rotatable bonds is 16. The Hall–Kier alpha value is -3.83. The number of hydrogen-bond acceptors (Lipinski definition) is 11. The van der Waals surface area contributed by atoms with Gasteiger partial charge in [0.2, 0.25) is 0 Å². The summed E-state index contributed by atoms with van der Waals surface area (Å²) in [6, 6.07) is 6.93. The van der Waals surface area contributed by atoms with Crippen molar-refractivity contribution >= 4 is 35.5 Å². The number of carboxylic acids is 5. The summed E-state index contributed by atoms with van der Waals surface area (Å²) >= 11 is 0. The number of nitrogens with zero attached hydrogens (tertiary/aromatic N) is 5. The third kappa shape index (κ3) is 14.6. The smallest absolute Gasteiger partial charge is 0.317 e. The van der Waals surface area contributed by atoms with Crippen molar-refractivity contribution in [1.29, 1.82) is 0 Å². The minimum Gasteiger partial charge on any atom is -0.480 e. The second-order valence-corrected chi connectivity index (χ2v) is 10.8. The summed E-state index contributed by atoms with van der Waals surface area (Å²) in [7, 11) is 1.78. The fourth-order valence-corrected chi connectivity index (χ4v) is 5.16. The van der Waals surface area contributed by atoms with Crippen LogP contribution in [0.2, 0.25) is 0 Å². The summed E-state index contributed by atoms with van der Waals surface area (Å²) in [5, 5.41) is 50.5. The van der Waals surface area contributed by atoms with E-state index in [4.69, 9.17) is 0 Å². The van der Waals surface area contributed by atoms with E-state index < -0.39 is 49.0 Å². The average molecular weight is 625 g/mol. The first-order chi connectivity index (χ1) is 20.8. The number of carbonyl (C=O) groups is 5. The third-order valence-electron chi connectivity index (χ3n) is 7.38. The van der Waals surface area contributed by atoms with Crippen molar-refractivity contribution in [3.8, 4) is 0 Å². The van der Waals surface area contributed by atoms with Gasteiger partial charge >= 0.3 is 29.8 Å². The van der Waals surface area contributed by atoms with Gasteiger partial charge in [-0.25, -0.2) is 0 Å². The van der Waals surface area contributed by atoms with E-state index in [-0.39, 0.29) is 65.4 Å². The van der Waals surface area contributed by atoms with E-state index >= 15 is 0 Å². The largest absolute Gasteiger partial charge is 0.480 e. The maximum atomic E-state index is 11.7. The predicted octanol–water partition coefficient (Wildman–Crippen LogP) is -1.41. The Labute approximate surface area is 256 Å². The molecule has 44 heavy (non-hydrogen) atoms. The first-order valence-electron chi connectivity index (χ1n) is 14.3. The highest BCUT2D eigenvalue weighted by atomic mass is 16.4. The molecule has 2 rings (SSSR count). The second-order valence-electron chi connectivity index (χ2n) is 10.8. The van der Waals surface area contributed by atoms with Crippen molar-refractivity contribution in [2.24, 2.45) is 0 Å². The molecule has 16 heteroatoms. The van der Waals surface area contributed by atoms with Gasteiger partial charge in [-0.3, -0.25) is 48.5 Å². The molecule has 1 heterocycles. The van der Waals surface area contributed by atoms with Crippen LogP contribution in [0.3, 0.4) is 0 Å². The molecular weight excluding hydrogens is 580 g/mol. The lowest BCUT2D eigenvalue weighted by molar-refractivity contribution is -0.143. The standard InChI is InChI=1S/C28H44N6O10/c1-29-22-4-2-21(3-5-22)14-23(34(19-27(41)42)20-28(43)44)15-30-6-8-31(16-24(35)36)10-12-33(18-26(39)40)13-11-32(9-7-30)17-25(37)38/h2-5,23,29H,6-20H2,1H3,(H,35,36)(H,37,38)(H,39,40)(H,41,42)(H,43,44). The molecule has 0 aromatic heterocycles. The van der Waals surface area contributed by atoms with E-state index in [0.717, 1.165) is 11.3 Å². The normalized spacial score (nSPS) is 17.3. The molecule has 0 saturated carbocycles. The molecule has 1 saturated heterocycles. The number of hydrogen-bond donors (Lipinski definition) is 6. The first-order valence-corrected chi connectivity index (χ1v) is 14.3. The molecule has 16 nitrogen and oxygen atoms in total. The zero-order chi connectivity index (χ0) is 32.6. The molecule has 0 radical (unpaired) electrons.